The minimum absolute atomic E-state index is 0.252. The van der Waals surface area contributed by atoms with Crippen LogP contribution in [-0.2, 0) is 14.3 Å². The minimum Gasteiger partial charge on any atom is -0.479 e. The molecule has 1 heterocycles. The smallest absolute Gasteiger partial charge is 0.347 e. The van der Waals surface area contributed by atoms with Crippen LogP contribution < -0.4 is 20.7 Å². The van der Waals surface area contributed by atoms with Crippen molar-refractivity contribution < 1.29 is 19.1 Å². The second-order valence-corrected chi connectivity index (χ2v) is 7.91. The molecule has 32 heavy (non-hydrogen) atoms. The molecule has 0 unspecified atom stereocenters. The highest BCUT2D eigenvalue weighted by molar-refractivity contribution is 7.80. The number of amides is 1. The summed E-state index contributed by atoms with van der Waals surface area (Å²) in [7, 11) is 0. The van der Waals surface area contributed by atoms with Crippen molar-refractivity contribution >= 4 is 46.5 Å². The van der Waals surface area contributed by atoms with Gasteiger partial charge in [0.2, 0.25) is 5.91 Å². The fraction of sp³-hybridized carbons (Fsp3) is 0.261. The second-order valence-electron chi connectivity index (χ2n) is 7.10. The first-order chi connectivity index (χ1) is 15.3. The van der Waals surface area contributed by atoms with Crippen molar-refractivity contribution in [3.63, 3.8) is 0 Å². The Balaban J connectivity index is 1.92. The van der Waals surface area contributed by atoms with Crippen molar-refractivity contribution in [1.82, 2.24) is 10.6 Å². The number of carbonyl (C=O) groups excluding carboxylic acids is 2. The van der Waals surface area contributed by atoms with Crippen LogP contribution in [0.1, 0.15) is 25.5 Å². The van der Waals surface area contributed by atoms with Gasteiger partial charge in [-0.2, -0.15) is 0 Å². The lowest BCUT2D eigenvalue weighted by Gasteiger charge is -2.36. The largest absolute Gasteiger partial charge is 0.479 e. The zero-order chi connectivity index (χ0) is 23.3. The molecular weight excluding hydrogens is 450 g/mol. The van der Waals surface area contributed by atoms with Gasteiger partial charge in [-0.15, -0.1) is 0 Å². The molecule has 7 nitrogen and oxygen atoms in total. The first-order valence-corrected chi connectivity index (χ1v) is 10.8. The first-order valence-electron chi connectivity index (χ1n) is 10.1. The monoisotopic (exact) mass is 473 g/mol. The van der Waals surface area contributed by atoms with Gasteiger partial charge >= 0.3 is 5.97 Å². The Morgan fingerprint density at radius 1 is 1.22 bits per heavy atom. The van der Waals surface area contributed by atoms with E-state index >= 15 is 0 Å². The van der Waals surface area contributed by atoms with E-state index in [0.717, 1.165) is 0 Å². The van der Waals surface area contributed by atoms with Gasteiger partial charge in [0.05, 0.1) is 23.4 Å². The molecule has 1 saturated heterocycles. The molecule has 3 N–H and O–H groups in total. The van der Waals surface area contributed by atoms with Crippen molar-refractivity contribution in [2.45, 2.75) is 26.0 Å². The number of halogens is 1. The van der Waals surface area contributed by atoms with Crippen LogP contribution in [0.2, 0.25) is 5.02 Å². The lowest BCUT2D eigenvalue weighted by molar-refractivity contribution is -0.150. The number of hydrogen-bond acceptors (Lipinski definition) is 5. The topological polar surface area (TPSA) is 88.7 Å². The van der Waals surface area contributed by atoms with Gasteiger partial charge in [-0.1, -0.05) is 48.5 Å². The molecule has 0 saturated carbocycles. The number of thiocarbonyl (C=S) groups is 1. The molecule has 0 aliphatic carbocycles. The zero-order valence-electron chi connectivity index (χ0n) is 17.7. The molecule has 0 aromatic heterocycles. The Morgan fingerprint density at radius 2 is 1.91 bits per heavy atom. The SMILES string of the molecule is C=C1NC(=S)N[C@H](c2ccccc2O[C@@H](C)C(=O)OCC)[C@H]1C(=O)Nc1ccccc1Cl. The van der Waals surface area contributed by atoms with E-state index in [1.807, 2.05) is 12.1 Å². The summed E-state index contributed by atoms with van der Waals surface area (Å²) in [5, 5.41) is 9.65. The summed E-state index contributed by atoms with van der Waals surface area (Å²) in [5.41, 5.74) is 1.56. The summed E-state index contributed by atoms with van der Waals surface area (Å²) in [5.74, 6) is -1.13. The Kier molecular flexibility index (Phi) is 7.71. The second kappa shape index (κ2) is 10.5. The normalized spacial score (nSPS) is 18.7. The van der Waals surface area contributed by atoms with Crippen LogP contribution >= 0.6 is 23.8 Å². The van der Waals surface area contributed by atoms with Crippen LogP contribution in [-0.4, -0.2) is 29.7 Å². The van der Waals surface area contributed by atoms with Gasteiger partial charge in [-0.3, -0.25) is 4.79 Å². The van der Waals surface area contributed by atoms with Crippen molar-refractivity contribution in [2.24, 2.45) is 5.92 Å². The number of para-hydroxylation sites is 2. The number of hydrogen-bond donors (Lipinski definition) is 3. The highest BCUT2D eigenvalue weighted by Gasteiger charge is 2.38. The van der Waals surface area contributed by atoms with Gasteiger partial charge in [-0.25, -0.2) is 4.79 Å². The number of ether oxygens (including phenoxy) is 2. The van der Waals surface area contributed by atoms with E-state index < -0.39 is 24.0 Å². The number of nitrogens with one attached hydrogen (secondary N) is 3. The third-order valence-corrected chi connectivity index (χ3v) is 5.41. The van der Waals surface area contributed by atoms with Crippen LogP contribution in [0.15, 0.2) is 60.8 Å². The lowest BCUT2D eigenvalue weighted by Crippen LogP contribution is -2.51. The molecule has 1 fully saturated rings. The summed E-state index contributed by atoms with van der Waals surface area (Å²) in [6.45, 7) is 7.59. The number of rotatable bonds is 7. The third kappa shape index (κ3) is 5.38. The van der Waals surface area contributed by atoms with Gasteiger partial charge in [-0.05, 0) is 44.3 Å². The van der Waals surface area contributed by atoms with E-state index in [2.05, 4.69) is 22.5 Å². The number of benzene rings is 2. The van der Waals surface area contributed by atoms with Crippen LogP contribution in [0, 0.1) is 5.92 Å². The molecular formula is C23H24ClN3O4S. The molecule has 1 amide bonds. The van der Waals surface area contributed by atoms with E-state index in [9.17, 15) is 9.59 Å². The molecule has 0 radical (unpaired) electrons. The fourth-order valence-corrected chi connectivity index (χ4v) is 3.81. The van der Waals surface area contributed by atoms with Gasteiger partial charge < -0.3 is 25.4 Å². The molecule has 3 atom stereocenters. The zero-order valence-corrected chi connectivity index (χ0v) is 19.3. The number of carbonyl (C=O) groups is 2. The highest BCUT2D eigenvalue weighted by atomic mass is 35.5. The van der Waals surface area contributed by atoms with Crippen LogP contribution in [0.3, 0.4) is 0 Å². The first kappa shape index (κ1) is 23.6. The number of esters is 1. The van der Waals surface area contributed by atoms with Gasteiger partial charge in [0, 0.05) is 11.3 Å². The van der Waals surface area contributed by atoms with Crippen molar-refractivity contribution in [1.29, 1.82) is 0 Å². The molecule has 2 aromatic rings. The van der Waals surface area contributed by atoms with Crippen LogP contribution in [0.4, 0.5) is 5.69 Å². The average Bonchev–Trinajstić information content (AvgIpc) is 2.75. The van der Waals surface area contributed by atoms with E-state index in [4.69, 9.17) is 33.3 Å². The maximum absolute atomic E-state index is 13.3. The summed E-state index contributed by atoms with van der Waals surface area (Å²) in [6.07, 6.45) is -0.830. The van der Waals surface area contributed by atoms with Crippen LogP contribution in [0.5, 0.6) is 5.75 Å². The molecule has 0 bridgehead atoms. The molecule has 3 rings (SSSR count). The maximum Gasteiger partial charge on any atom is 0.347 e. The summed E-state index contributed by atoms with van der Waals surface area (Å²) < 4.78 is 10.9. The fourth-order valence-electron chi connectivity index (χ4n) is 3.37. The Morgan fingerprint density at radius 3 is 2.62 bits per heavy atom. The van der Waals surface area contributed by atoms with Crippen LogP contribution in [0.25, 0.3) is 0 Å². The minimum atomic E-state index is -0.830. The maximum atomic E-state index is 13.3. The molecule has 1 aliphatic heterocycles. The van der Waals surface area contributed by atoms with Crippen molar-refractivity contribution in [3.05, 3.63) is 71.4 Å². The lowest BCUT2D eigenvalue weighted by atomic mass is 9.87. The Hall–Kier alpha value is -3.10. The van der Waals surface area contributed by atoms with Gasteiger partial charge in [0.1, 0.15) is 11.7 Å². The van der Waals surface area contributed by atoms with Crippen molar-refractivity contribution in [2.75, 3.05) is 11.9 Å². The summed E-state index contributed by atoms with van der Waals surface area (Å²) in [6, 6.07) is 13.5. The average molecular weight is 474 g/mol. The van der Waals surface area contributed by atoms with Gasteiger partial charge in [0.15, 0.2) is 11.2 Å². The Bertz CT molecular complexity index is 1050. The predicted octanol–water partition coefficient (Wildman–Crippen LogP) is 3.96. The highest BCUT2D eigenvalue weighted by Crippen LogP contribution is 2.36. The van der Waals surface area contributed by atoms with E-state index in [1.54, 1.807) is 50.2 Å². The molecule has 9 heteroatoms. The molecule has 168 valence electrons. The third-order valence-electron chi connectivity index (χ3n) is 4.86. The summed E-state index contributed by atoms with van der Waals surface area (Å²) >= 11 is 11.5. The Labute approximate surface area is 197 Å². The summed E-state index contributed by atoms with van der Waals surface area (Å²) in [4.78, 5) is 25.3. The molecule has 2 aromatic carbocycles. The van der Waals surface area contributed by atoms with E-state index in [0.29, 0.717) is 32.8 Å². The van der Waals surface area contributed by atoms with Crippen molar-refractivity contribution in [3.8, 4) is 5.75 Å². The quantitative estimate of drug-likeness (QED) is 0.414. The molecule has 1 aliphatic rings. The number of anilines is 1. The standard InChI is InChI=1S/C23H24ClN3O4S/c1-4-30-22(29)14(3)31-18-12-8-5-9-15(18)20-19(13(2)25-23(32)27-20)21(28)26-17-11-7-6-10-16(17)24/h5-12,14,19-20H,2,4H2,1,3H3,(H,26,28)(H2,25,27,32)/t14-,19-,20+/m0/s1. The molecule has 0 spiro atoms. The van der Waals surface area contributed by atoms with Gasteiger partial charge in [0.25, 0.3) is 0 Å². The van der Waals surface area contributed by atoms with E-state index in [1.165, 1.54) is 0 Å². The predicted molar refractivity (Wildman–Crippen MR) is 127 cm³/mol. The van der Waals surface area contributed by atoms with E-state index in [-0.39, 0.29) is 12.5 Å².